The van der Waals surface area contributed by atoms with E-state index in [4.69, 9.17) is 4.74 Å². The maximum absolute atomic E-state index is 12.1. The van der Waals surface area contributed by atoms with Gasteiger partial charge >= 0.3 is 5.97 Å². The number of aliphatic carboxylic acids is 1. The summed E-state index contributed by atoms with van der Waals surface area (Å²) in [6, 6.07) is 0. The van der Waals surface area contributed by atoms with E-state index in [1.807, 2.05) is 4.90 Å². The molecule has 1 aliphatic carbocycles. The zero-order valence-electron chi connectivity index (χ0n) is 11.9. The van der Waals surface area contributed by atoms with Gasteiger partial charge in [-0.3, -0.25) is 9.69 Å². The third-order valence-corrected chi connectivity index (χ3v) is 4.22. The summed E-state index contributed by atoms with van der Waals surface area (Å²) in [6.07, 6.45) is 4.91. The molecule has 1 saturated carbocycles. The summed E-state index contributed by atoms with van der Waals surface area (Å²) in [5.74, 6) is -1.08. The number of morpholine rings is 1. The lowest BCUT2D eigenvalue weighted by Crippen LogP contribution is -2.56. The number of carbonyl (C=O) groups is 2. The van der Waals surface area contributed by atoms with E-state index in [2.05, 4.69) is 5.32 Å². The quantitative estimate of drug-likeness (QED) is 0.740. The minimum atomic E-state index is -1.06. The van der Waals surface area contributed by atoms with E-state index in [0.717, 1.165) is 38.8 Å². The van der Waals surface area contributed by atoms with Crippen LogP contribution in [0.1, 0.15) is 38.5 Å². The smallest absolute Gasteiger partial charge is 0.329 e. The molecule has 1 aliphatic heterocycles. The van der Waals surface area contributed by atoms with Crippen LogP contribution in [0.2, 0.25) is 0 Å². The summed E-state index contributed by atoms with van der Waals surface area (Å²) >= 11 is 0. The van der Waals surface area contributed by atoms with Crippen molar-refractivity contribution in [1.82, 2.24) is 10.2 Å². The van der Waals surface area contributed by atoms with Crippen LogP contribution in [0.4, 0.5) is 0 Å². The van der Waals surface area contributed by atoms with E-state index >= 15 is 0 Å². The molecule has 0 aromatic rings. The van der Waals surface area contributed by atoms with E-state index in [1.165, 1.54) is 0 Å². The summed E-state index contributed by atoms with van der Waals surface area (Å²) in [5, 5.41) is 12.3. The van der Waals surface area contributed by atoms with Crippen LogP contribution in [0.15, 0.2) is 0 Å². The first-order valence-corrected chi connectivity index (χ1v) is 7.47. The van der Waals surface area contributed by atoms with Crippen molar-refractivity contribution >= 4 is 11.9 Å². The van der Waals surface area contributed by atoms with Gasteiger partial charge in [0, 0.05) is 13.1 Å². The van der Waals surface area contributed by atoms with Gasteiger partial charge in [-0.2, -0.15) is 0 Å². The molecule has 0 unspecified atom stereocenters. The summed E-state index contributed by atoms with van der Waals surface area (Å²) < 4.78 is 5.24. The van der Waals surface area contributed by atoms with Crippen LogP contribution in [-0.4, -0.2) is 60.3 Å². The standard InChI is InChI=1S/C14H24N2O4/c17-12(11-16-7-9-20-10-8-16)15-14(13(18)19)5-3-1-2-4-6-14/h1-11H2,(H,15,17)(H,18,19). The van der Waals surface area contributed by atoms with E-state index in [1.54, 1.807) is 0 Å². The van der Waals surface area contributed by atoms with Gasteiger partial charge in [0.1, 0.15) is 5.54 Å². The van der Waals surface area contributed by atoms with Gasteiger partial charge in [-0.05, 0) is 12.8 Å². The predicted molar refractivity (Wildman–Crippen MR) is 73.5 cm³/mol. The maximum Gasteiger partial charge on any atom is 0.329 e. The van der Waals surface area contributed by atoms with Crippen LogP contribution in [-0.2, 0) is 14.3 Å². The summed E-state index contributed by atoms with van der Waals surface area (Å²) in [6.45, 7) is 2.99. The van der Waals surface area contributed by atoms with Gasteiger partial charge in [-0.15, -0.1) is 0 Å². The molecule has 0 spiro atoms. The van der Waals surface area contributed by atoms with Crippen LogP contribution >= 0.6 is 0 Å². The molecule has 1 amide bonds. The van der Waals surface area contributed by atoms with Crippen molar-refractivity contribution in [2.45, 2.75) is 44.1 Å². The van der Waals surface area contributed by atoms with Gasteiger partial charge in [0.25, 0.3) is 0 Å². The topological polar surface area (TPSA) is 78.9 Å². The second kappa shape index (κ2) is 7.04. The van der Waals surface area contributed by atoms with E-state index in [-0.39, 0.29) is 12.5 Å². The Balaban J connectivity index is 1.92. The molecule has 0 radical (unpaired) electrons. The van der Waals surface area contributed by atoms with Gasteiger partial charge in [0.2, 0.25) is 5.91 Å². The maximum atomic E-state index is 12.1. The number of ether oxygens (including phenoxy) is 1. The fourth-order valence-corrected chi connectivity index (χ4v) is 2.99. The molecule has 20 heavy (non-hydrogen) atoms. The Hall–Kier alpha value is -1.14. The first-order valence-electron chi connectivity index (χ1n) is 7.47. The highest BCUT2D eigenvalue weighted by atomic mass is 16.5. The van der Waals surface area contributed by atoms with Crippen LogP contribution in [0, 0.1) is 0 Å². The molecular weight excluding hydrogens is 260 g/mol. The number of rotatable bonds is 4. The Morgan fingerprint density at radius 3 is 2.25 bits per heavy atom. The van der Waals surface area contributed by atoms with Gasteiger partial charge in [0.05, 0.1) is 19.8 Å². The Morgan fingerprint density at radius 2 is 1.70 bits per heavy atom. The molecule has 0 aromatic carbocycles. The van der Waals surface area contributed by atoms with Crippen LogP contribution in [0.3, 0.4) is 0 Å². The first-order chi connectivity index (χ1) is 9.62. The highest BCUT2D eigenvalue weighted by molar-refractivity contribution is 5.87. The van der Waals surface area contributed by atoms with Crippen molar-refractivity contribution in [3.05, 3.63) is 0 Å². The summed E-state index contributed by atoms with van der Waals surface area (Å²) in [4.78, 5) is 25.8. The number of nitrogens with zero attached hydrogens (tertiary/aromatic N) is 1. The number of carboxylic acids is 1. The van der Waals surface area contributed by atoms with E-state index in [0.29, 0.717) is 26.1 Å². The van der Waals surface area contributed by atoms with Gasteiger partial charge in [-0.1, -0.05) is 25.7 Å². The van der Waals surface area contributed by atoms with Crippen molar-refractivity contribution < 1.29 is 19.4 Å². The molecule has 0 bridgehead atoms. The molecule has 1 saturated heterocycles. The second-order valence-corrected chi connectivity index (χ2v) is 5.74. The highest BCUT2D eigenvalue weighted by Crippen LogP contribution is 2.27. The van der Waals surface area contributed by atoms with Crippen molar-refractivity contribution in [3.8, 4) is 0 Å². The van der Waals surface area contributed by atoms with Crippen LogP contribution in [0.25, 0.3) is 0 Å². The van der Waals surface area contributed by atoms with Crippen molar-refractivity contribution in [3.63, 3.8) is 0 Å². The lowest BCUT2D eigenvalue weighted by molar-refractivity contribution is -0.148. The van der Waals surface area contributed by atoms with E-state index in [9.17, 15) is 14.7 Å². The Kier molecular flexibility index (Phi) is 5.37. The molecule has 2 rings (SSSR count). The molecular formula is C14H24N2O4. The lowest BCUT2D eigenvalue weighted by Gasteiger charge is -2.31. The lowest BCUT2D eigenvalue weighted by atomic mass is 9.90. The molecule has 2 N–H and O–H groups in total. The molecule has 0 aromatic heterocycles. The van der Waals surface area contributed by atoms with Gasteiger partial charge in [-0.25, -0.2) is 4.79 Å². The number of carbonyl (C=O) groups excluding carboxylic acids is 1. The molecule has 1 heterocycles. The predicted octanol–water partition coefficient (Wildman–Crippen LogP) is 0.612. The largest absolute Gasteiger partial charge is 0.480 e. The van der Waals surface area contributed by atoms with E-state index < -0.39 is 11.5 Å². The molecule has 114 valence electrons. The molecule has 2 aliphatic rings. The molecule has 2 fully saturated rings. The van der Waals surface area contributed by atoms with Gasteiger partial charge < -0.3 is 15.2 Å². The second-order valence-electron chi connectivity index (χ2n) is 5.74. The fourth-order valence-electron chi connectivity index (χ4n) is 2.99. The Bertz CT molecular complexity index is 345. The number of hydrogen-bond donors (Lipinski definition) is 2. The average Bonchev–Trinajstić information content (AvgIpc) is 2.66. The minimum absolute atomic E-state index is 0.184. The van der Waals surface area contributed by atoms with Gasteiger partial charge in [0.15, 0.2) is 0 Å². The highest BCUT2D eigenvalue weighted by Gasteiger charge is 2.40. The normalized spacial score (nSPS) is 23.8. The third kappa shape index (κ3) is 3.93. The Labute approximate surface area is 119 Å². The fraction of sp³-hybridized carbons (Fsp3) is 0.857. The molecule has 6 heteroatoms. The molecule has 0 atom stereocenters. The molecule has 6 nitrogen and oxygen atoms in total. The number of hydrogen-bond acceptors (Lipinski definition) is 4. The Morgan fingerprint density at radius 1 is 1.10 bits per heavy atom. The summed E-state index contributed by atoms with van der Waals surface area (Å²) in [7, 11) is 0. The first kappa shape index (κ1) is 15.3. The number of amides is 1. The third-order valence-electron chi connectivity index (χ3n) is 4.22. The zero-order chi connectivity index (χ0) is 14.4. The van der Waals surface area contributed by atoms with Crippen molar-refractivity contribution in [1.29, 1.82) is 0 Å². The van der Waals surface area contributed by atoms with Crippen LogP contribution in [0.5, 0.6) is 0 Å². The summed E-state index contributed by atoms with van der Waals surface area (Å²) in [5.41, 5.74) is -1.06. The van der Waals surface area contributed by atoms with Crippen molar-refractivity contribution in [2.24, 2.45) is 0 Å². The number of carboxylic acid groups (broad SMARTS) is 1. The monoisotopic (exact) mass is 284 g/mol. The zero-order valence-corrected chi connectivity index (χ0v) is 11.9. The average molecular weight is 284 g/mol. The minimum Gasteiger partial charge on any atom is -0.480 e. The van der Waals surface area contributed by atoms with Crippen molar-refractivity contribution in [2.75, 3.05) is 32.8 Å². The SMILES string of the molecule is O=C(CN1CCOCC1)NC1(C(=O)O)CCCCCC1. The van der Waals surface area contributed by atoms with Crippen LogP contribution < -0.4 is 5.32 Å². The number of nitrogens with one attached hydrogen (secondary N) is 1.